The van der Waals surface area contributed by atoms with E-state index >= 15 is 0 Å². The summed E-state index contributed by atoms with van der Waals surface area (Å²) >= 11 is 0. The first kappa shape index (κ1) is 17.9. The average molecular weight is 344 g/mol. The summed E-state index contributed by atoms with van der Waals surface area (Å²) in [5.74, 6) is 0.490. The molecular weight excluding hydrogens is 319 g/mol. The van der Waals surface area contributed by atoms with Crippen molar-refractivity contribution in [2.24, 2.45) is 0 Å². The lowest BCUT2D eigenvalue weighted by Gasteiger charge is -2.35. The van der Waals surface area contributed by atoms with Crippen LogP contribution in [0.25, 0.3) is 0 Å². The van der Waals surface area contributed by atoms with E-state index in [-0.39, 0.29) is 5.82 Å². The van der Waals surface area contributed by atoms with Gasteiger partial charge in [0.15, 0.2) is 0 Å². The van der Waals surface area contributed by atoms with E-state index in [0.29, 0.717) is 13.1 Å². The van der Waals surface area contributed by atoms with Crippen molar-refractivity contribution in [1.29, 1.82) is 0 Å². The molecule has 1 atom stereocenters. The first-order chi connectivity index (χ1) is 12.2. The molecule has 134 valence electrons. The van der Waals surface area contributed by atoms with Gasteiger partial charge in [0.05, 0.1) is 13.2 Å². The average Bonchev–Trinajstić information content (AvgIpc) is 2.64. The molecule has 1 N–H and O–H groups in total. The van der Waals surface area contributed by atoms with Crippen LogP contribution in [-0.2, 0) is 6.54 Å². The molecule has 1 aliphatic rings. The third-order valence-corrected chi connectivity index (χ3v) is 4.72. The van der Waals surface area contributed by atoms with E-state index in [1.165, 1.54) is 6.07 Å². The highest BCUT2D eigenvalue weighted by Gasteiger charge is 2.21. The summed E-state index contributed by atoms with van der Waals surface area (Å²) in [6.45, 7) is 4.88. The Hall–Kier alpha value is -1.95. The van der Waals surface area contributed by atoms with E-state index in [1.54, 1.807) is 19.2 Å². The number of hydrogen-bond donors (Lipinski definition) is 1. The van der Waals surface area contributed by atoms with E-state index in [1.807, 2.05) is 30.3 Å². The maximum absolute atomic E-state index is 13.5. The van der Waals surface area contributed by atoms with Crippen LogP contribution in [0.3, 0.4) is 0 Å². The fourth-order valence-corrected chi connectivity index (χ4v) is 3.27. The highest BCUT2D eigenvalue weighted by atomic mass is 19.1. The van der Waals surface area contributed by atoms with Crippen LogP contribution in [0.4, 0.5) is 4.39 Å². The van der Waals surface area contributed by atoms with Crippen molar-refractivity contribution in [3.63, 3.8) is 0 Å². The van der Waals surface area contributed by atoms with Crippen LogP contribution >= 0.6 is 0 Å². The Balaban J connectivity index is 1.51. The molecule has 0 aliphatic carbocycles. The van der Waals surface area contributed by atoms with Crippen LogP contribution in [0.2, 0.25) is 0 Å². The smallest absolute Gasteiger partial charge is 0.123 e. The molecule has 0 spiro atoms. The molecule has 25 heavy (non-hydrogen) atoms. The molecule has 0 radical (unpaired) electrons. The monoisotopic (exact) mass is 344 g/mol. The van der Waals surface area contributed by atoms with Gasteiger partial charge in [-0.3, -0.25) is 9.80 Å². The molecule has 0 unspecified atom stereocenters. The standard InChI is InChI=1S/C20H25FN2O2/c1-25-20-8-7-18(21)13-17(20)14-22-9-11-23(12-10-22)15-19(24)16-5-3-2-4-6-16/h2-8,13,19,24H,9-12,14-15H2,1H3/t19-/m0/s1. The number of ether oxygens (including phenoxy) is 1. The maximum atomic E-state index is 13.5. The molecule has 0 amide bonds. The molecule has 5 heteroatoms. The molecule has 2 aromatic carbocycles. The van der Waals surface area contributed by atoms with Crippen LogP contribution in [0.15, 0.2) is 48.5 Å². The van der Waals surface area contributed by atoms with Gasteiger partial charge in [-0.25, -0.2) is 4.39 Å². The molecule has 1 saturated heterocycles. The number of benzene rings is 2. The van der Waals surface area contributed by atoms with Crippen molar-refractivity contribution in [1.82, 2.24) is 9.80 Å². The third kappa shape index (κ3) is 4.78. The minimum absolute atomic E-state index is 0.236. The molecule has 1 fully saturated rings. The zero-order valence-corrected chi connectivity index (χ0v) is 14.6. The Morgan fingerprint density at radius 1 is 1.04 bits per heavy atom. The normalized spacial score (nSPS) is 17.4. The fraction of sp³-hybridized carbons (Fsp3) is 0.400. The van der Waals surface area contributed by atoms with Gasteiger partial charge in [0.1, 0.15) is 11.6 Å². The number of piperazine rings is 1. The maximum Gasteiger partial charge on any atom is 0.123 e. The zero-order chi connectivity index (χ0) is 17.6. The van der Waals surface area contributed by atoms with Crippen molar-refractivity contribution < 1.29 is 14.2 Å². The molecule has 0 aromatic heterocycles. The van der Waals surface area contributed by atoms with Gasteiger partial charge in [0, 0.05) is 44.8 Å². The van der Waals surface area contributed by atoms with Gasteiger partial charge in [0.25, 0.3) is 0 Å². The molecule has 1 heterocycles. The van der Waals surface area contributed by atoms with E-state index < -0.39 is 6.10 Å². The number of β-amino-alcohol motifs (C(OH)–C–C–N with tert-alkyl or cyclic N) is 1. The number of methoxy groups -OCH3 is 1. The van der Waals surface area contributed by atoms with Crippen LogP contribution in [0.5, 0.6) is 5.75 Å². The van der Waals surface area contributed by atoms with Crippen molar-refractivity contribution >= 4 is 0 Å². The van der Waals surface area contributed by atoms with E-state index in [4.69, 9.17) is 4.74 Å². The lowest BCUT2D eigenvalue weighted by Crippen LogP contribution is -2.47. The minimum atomic E-state index is -0.462. The SMILES string of the molecule is COc1ccc(F)cc1CN1CCN(C[C@H](O)c2ccccc2)CC1. The fourth-order valence-electron chi connectivity index (χ4n) is 3.27. The molecule has 2 aromatic rings. The Morgan fingerprint density at radius 3 is 2.40 bits per heavy atom. The quantitative estimate of drug-likeness (QED) is 0.874. The predicted octanol–water partition coefficient (Wildman–Crippen LogP) is 2.69. The number of hydrogen-bond acceptors (Lipinski definition) is 4. The Kier molecular flexibility index (Phi) is 6.02. The van der Waals surface area contributed by atoms with Gasteiger partial charge < -0.3 is 9.84 Å². The van der Waals surface area contributed by atoms with Crippen molar-refractivity contribution in [3.8, 4) is 5.75 Å². The van der Waals surface area contributed by atoms with E-state index in [9.17, 15) is 9.50 Å². The second-order valence-electron chi connectivity index (χ2n) is 6.46. The van der Waals surface area contributed by atoms with Gasteiger partial charge in [-0.1, -0.05) is 30.3 Å². The summed E-state index contributed by atoms with van der Waals surface area (Å²) in [6, 6.07) is 14.4. The van der Waals surface area contributed by atoms with Gasteiger partial charge in [0.2, 0.25) is 0 Å². The van der Waals surface area contributed by atoms with Crippen LogP contribution in [-0.4, -0.2) is 54.7 Å². The number of halogens is 1. The van der Waals surface area contributed by atoms with Gasteiger partial charge in [-0.05, 0) is 23.8 Å². The van der Waals surface area contributed by atoms with Crippen LogP contribution in [0, 0.1) is 5.82 Å². The number of aliphatic hydroxyl groups is 1. The predicted molar refractivity (Wildman–Crippen MR) is 96.1 cm³/mol. The number of aliphatic hydroxyl groups excluding tert-OH is 1. The molecule has 4 nitrogen and oxygen atoms in total. The van der Waals surface area contributed by atoms with Crippen LogP contribution in [0.1, 0.15) is 17.2 Å². The number of rotatable bonds is 6. The van der Waals surface area contributed by atoms with Gasteiger partial charge in [-0.15, -0.1) is 0 Å². The van der Waals surface area contributed by atoms with E-state index in [2.05, 4.69) is 9.80 Å². The summed E-state index contributed by atoms with van der Waals surface area (Å²) in [4.78, 5) is 4.57. The topological polar surface area (TPSA) is 35.9 Å². The van der Waals surface area contributed by atoms with Crippen molar-refractivity contribution in [2.75, 3.05) is 39.8 Å². The van der Waals surface area contributed by atoms with Gasteiger partial charge >= 0.3 is 0 Å². The summed E-state index contributed by atoms with van der Waals surface area (Å²) in [5.41, 5.74) is 1.83. The Bertz CT molecular complexity index is 673. The Labute approximate surface area is 148 Å². The highest BCUT2D eigenvalue weighted by molar-refractivity contribution is 5.33. The lowest BCUT2D eigenvalue weighted by molar-refractivity contribution is 0.0698. The minimum Gasteiger partial charge on any atom is -0.496 e. The van der Waals surface area contributed by atoms with Gasteiger partial charge in [-0.2, -0.15) is 0 Å². The second-order valence-corrected chi connectivity index (χ2v) is 6.46. The molecule has 3 rings (SSSR count). The Morgan fingerprint density at radius 2 is 1.72 bits per heavy atom. The first-order valence-electron chi connectivity index (χ1n) is 8.66. The molecule has 0 bridgehead atoms. The highest BCUT2D eigenvalue weighted by Crippen LogP contribution is 2.22. The van der Waals surface area contributed by atoms with Crippen molar-refractivity contribution in [2.45, 2.75) is 12.6 Å². The first-order valence-corrected chi connectivity index (χ1v) is 8.66. The second kappa shape index (κ2) is 8.43. The number of nitrogens with zero attached hydrogens (tertiary/aromatic N) is 2. The summed E-state index contributed by atoms with van der Waals surface area (Å²) in [7, 11) is 1.61. The third-order valence-electron chi connectivity index (χ3n) is 4.72. The largest absolute Gasteiger partial charge is 0.496 e. The van der Waals surface area contributed by atoms with Crippen LogP contribution < -0.4 is 4.74 Å². The van der Waals surface area contributed by atoms with Crippen molar-refractivity contribution in [3.05, 3.63) is 65.5 Å². The zero-order valence-electron chi connectivity index (χ0n) is 14.6. The molecule has 1 aliphatic heterocycles. The summed E-state index contributed by atoms with van der Waals surface area (Å²) < 4.78 is 18.8. The molecule has 0 saturated carbocycles. The van der Waals surface area contributed by atoms with E-state index in [0.717, 1.165) is 43.1 Å². The summed E-state index contributed by atoms with van der Waals surface area (Å²) in [5, 5.41) is 10.4. The molecular formula is C20H25FN2O2. The summed E-state index contributed by atoms with van der Waals surface area (Å²) in [6.07, 6.45) is -0.462. The lowest BCUT2D eigenvalue weighted by atomic mass is 10.1.